The van der Waals surface area contributed by atoms with Gasteiger partial charge >= 0.3 is 12.1 Å². The summed E-state index contributed by atoms with van der Waals surface area (Å²) in [5.74, 6) is -0.247. The Kier molecular flexibility index (Phi) is 10.0. The van der Waals surface area contributed by atoms with E-state index in [-0.39, 0.29) is 48.9 Å². The molecular weight excluding hydrogens is 476 g/mol. The summed E-state index contributed by atoms with van der Waals surface area (Å²) in [5, 5.41) is 20.4. The molecule has 0 spiro atoms. The molecule has 3 rings (SSSR count). The second-order valence-electron chi connectivity index (χ2n) is 11.2. The molecule has 8 heteroatoms. The van der Waals surface area contributed by atoms with E-state index >= 15 is 0 Å². The van der Waals surface area contributed by atoms with Gasteiger partial charge in [-0.1, -0.05) is 52.0 Å². The summed E-state index contributed by atoms with van der Waals surface area (Å²) in [6, 6.07) is 0. The lowest BCUT2D eigenvalue weighted by molar-refractivity contribution is -0.151. The summed E-state index contributed by atoms with van der Waals surface area (Å²) in [7, 11) is 0. The van der Waals surface area contributed by atoms with Crippen LogP contribution in [0.15, 0.2) is 36.0 Å². The van der Waals surface area contributed by atoms with E-state index in [2.05, 4.69) is 13.0 Å². The van der Waals surface area contributed by atoms with Gasteiger partial charge in [-0.3, -0.25) is 4.79 Å². The molecule has 0 saturated carbocycles. The van der Waals surface area contributed by atoms with Crippen LogP contribution in [0, 0.1) is 17.8 Å². The molecule has 3 aliphatic heterocycles. The number of hydrogen-bond acceptors (Lipinski definition) is 8. The molecule has 0 aromatic carbocycles. The number of rotatable bonds is 8. The Morgan fingerprint density at radius 2 is 1.97 bits per heavy atom. The van der Waals surface area contributed by atoms with Gasteiger partial charge in [0, 0.05) is 11.8 Å². The monoisotopic (exact) mass is 520 g/mol. The van der Waals surface area contributed by atoms with Crippen molar-refractivity contribution in [1.82, 2.24) is 0 Å². The summed E-state index contributed by atoms with van der Waals surface area (Å²) in [6.45, 7) is 11.8. The van der Waals surface area contributed by atoms with Gasteiger partial charge in [-0.2, -0.15) is 0 Å². The average molecular weight is 521 g/mol. The fourth-order valence-corrected chi connectivity index (χ4v) is 5.20. The minimum absolute atomic E-state index is 0.119. The Balaban J connectivity index is 1.66. The maximum atomic E-state index is 12.6. The Bertz CT molecular complexity index is 894. The number of carbonyl (C=O) groups is 2. The summed E-state index contributed by atoms with van der Waals surface area (Å²) in [6.07, 6.45) is 9.04. The molecule has 10 atom stereocenters. The fourth-order valence-electron chi connectivity index (χ4n) is 5.20. The van der Waals surface area contributed by atoms with Crippen molar-refractivity contribution in [1.29, 1.82) is 0 Å². The lowest BCUT2D eigenvalue weighted by Crippen LogP contribution is -2.37. The number of ether oxygens (including phenoxy) is 4. The van der Waals surface area contributed by atoms with Gasteiger partial charge in [0.15, 0.2) is 11.7 Å². The lowest BCUT2D eigenvalue weighted by Gasteiger charge is -2.28. The van der Waals surface area contributed by atoms with Gasteiger partial charge in [-0.05, 0) is 57.1 Å². The first-order valence-corrected chi connectivity index (χ1v) is 13.6. The van der Waals surface area contributed by atoms with Crippen LogP contribution in [-0.2, 0) is 23.7 Å². The van der Waals surface area contributed by atoms with Crippen LogP contribution in [0.25, 0.3) is 0 Å². The molecule has 208 valence electrons. The first-order chi connectivity index (χ1) is 17.4. The quantitative estimate of drug-likeness (QED) is 0.206. The van der Waals surface area contributed by atoms with Crippen molar-refractivity contribution in [3.63, 3.8) is 0 Å². The second kappa shape index (κ2) is 12.6. The van der Waals surface area contributed by atoms with Crippen LogP contribution in [0.4, 0.5) is 4.79 Å². The summed E-state index contributed by atoms with van der Waals surface area (Å²) in [4.78, 5) is 24.4. The minimum atomic E-state index is -0.900. The number of epoxide rings is 1. The van der Waals surface area contributed by atoms with Crippen LogP contribution in [0.2, 0.25) is 0 Å². The molecular formula is C29H44O8. The highest BCUT2D eigenvalue weighted by molar-refractivity contribution is 5.70. The van der Waals surface area contributed by atoms with E-state index in [1.165, 1.54) is 0 Å². The molecule has 37 heavy (non-hydrogen) atoms. The molecule has 0 amide bonds. The third-order valence-electron chi connectivity index (χ3n) is 7.86. The Morgan fingerprint density at radius 1 is 1.24 bits per heavy atom. The first kappa shape index (κ1) is 29.4. The predicted molar refractivity (Wildman–Crippen MR) is 139 cm³/mol. The van der Waals surface area contributed by atoms with Gasteiger partial charge in [-0.15, -0.1) is 0 Å². The molecule has 3 heterocycles. The normalized spacial score (nSPS) is 38.3. The molecule has 0 aromatic rings. The highest BCUT2D eigenvalue weighted by Gasteiger charge is 2.47. The van der Waals surface area contributed by atoms with Crippen molar-refractivity contribution >= 4 is 12.1 Å². The van der Waals surface area contributed by atoms with E-state index in [9.17, 15) is 19.8 Å². The summed E-state index contributed by atoms with van der Waals surface area (Å²) in [5.41, 5.74) is -0.0314. The number of hydrogen-bond donors (Lipinski definition) is 2. The Morgan fingerprint density at radius 3 is 2.68 bits per heavy atom. The Labute approximate surface area is 220 Å². The molecule has 0 radical (unpaired) electrons. The van der Waals surface area contributed by atoms with E-state index in [4.69, 9.17) is 18.9 Å². The topological polar surface area (TPSA) is 115 Å². The van der Waals surface area contributed by atoms with Crippen molar-refractivity contribution < 1.29 is 38.7 Å². The SMILES string of the molecule is CCC(O)C(C)C1OC1CC(C)/C=C/C=C(\C)C1OC(=O)CC(O)CCC2(C)OC(=O)OC2/C=C/C1C. The van der Waals surface area contributed by atoms with E-state index in [0.29, 0.717) is 6.42 Å². The van der Waals surface area contributed by atoms with E-state index < -0.39 is 36.0 Å². The van der Waals surface area contributed by atoms with E-state index in [0.717, 1.165) is 18.4 Å². The fraction of sp³-hybridized carbons (Fsp3) is 0.724. The van der Waals surface area contributed by atoms with Crippen LogP contribution in [-0.4, -0.2) is 64.6 Å². The molecule has 2 fully saturated rings. The van der Waals surface area contributed by atoms with Gasteiger partial charge in [0.25, 0.3) is 0 Å². The van der Waals surface area contributed by atoms with Gasteiger partial charge in [0.05, 0.1) is 30.8 Å². The van der Waals surface area contributed by atoms with E-state index in [1.807, 2.05) is 45.9 Å². The van der Waals surface area contributed by atoms with Crippen LogP contribution in [0.1, 0.15) is 73.6 Å². The van der Waals surface area contributed by atoms with Crippen molar-refractivity contribution in [2.75, 3.05) is 0 Å². The van der Waals surface area contributed by atoms with Gasteiger partial charge < -0.3 is 29.2 Å². The van der Waals surface area contributed by atoms with Crippen molar-refractivity contribution in [3.05, 3.63) is 36.0 Å². The molecule has 8 nitrogen and oxygen atoms in total. The van der Waals surface area contributed by atoms with Crippen LogP contribution in [0.5, 0.6) is 0 Å². The third kappa shape index (κ3) is 7.91. The standard InChI is InChI=1S/C29H44O8/c1-7-22(31)20(5)27-23(34-27)15-17(2)9-8-10-18(3)26-19(4)11-12-24-29(6,37-28(33)35-24)14-13-21(30)16-25(32)36-26/h8-12,17,19-24,26-27,30-31H,7,13-16H2,1-6H3/b9-8+,12-11+,18-10+. The number of cyclic esters (lactones) is 1. The van der Waals surface area contributed by atoms with Crippen LogP contribution >= 0.6 is 0 Å². The number of allylic oxidation sites excluding steroid dienone is 3. The third-order valence-corrected chi connectivity index (χ3v) is 7.86. The molecule has 2 saturated heterocycles. The van der Waals surface area contributed by atoms with Crippen molar-refractivity contribution in [3.8, 4) is 0 Å². The van der Waals surface area contributed by atoms with E-state index in [1.54, 1.807) is 13.0 Å². The molecule has 3 aliphatic rings. The molecule has 0 aliphatic carbocycles. The second-order valence-corrected chi connectivity index (χ2v) is 11.2. The number of aliphatic hydroxyl groups excluding tert-OH is 2. The number of esters is 1. The van der Waals surface area contributed by atoms with Crippen molar-refractivity contribution in [2.24, 2.45) is 17.8 Å². The van der Waals surface area contributed by atoms with Crippen molar-refractivity contribution in [2.45, 2.75) is 116 Å². The van der Waals surface area contributed by atoms with Gasteiger partial charge in [0.1, 0.15) is 6.10 Å². The Hall–Kier alpha value is -2.16. The number of fused-ring (bicyclic) bond motifs is 1. The van der Waals surface area contributed by atoms with Crippen LogP contribution < -0.4 is 0 Å². The summed E-state index contributed by atoms with van der Waals surface area (Å²) >= 11 is 0. The average Bonchev–Trinajstić information content (AvgIpc) is 3.53. The maximum Gasteiger partial charge on any atom is 0.509 e. The lowest BCUT2D eigenvalue weighted by atomic mass is 9.89. The maximum absolute atomic E-state index is 12.6. The summed E-state index contributed by atoms with van der Waals surface area (Å²) < 4.78 is 22.4. The highest BCUT2D eigenvalue weighted by atomic mass is 16.8. The smallest absolute Gasteiger partial charge is 0.457 e. The largest absolute Gasteiger partial charge is 0.509 e. The van der Waals surface area contributed by atoms with Gasteiger partial charge in [0.2, 0.25) is 0 Å². The van der Waals surface area contributed by atoms with Gasteiger partial charge in [-0.25, -0.2) is 4.79 Å². The highest BCUT2D eigenvalue weighted by Crippen LogP contribution is 2.37. The first-order valence-electron chi connectivity index (χ1n) is 13.6. The molecule has 2 N–H and O–H groups in total. The zero-order valence-corrected chi connectivity index (χ0v) is 23.0. The predicted octanol–water partition coefficient (Wildman–Crippen LogP) is 4.63. The number of aliphatic hydroxyl groups is 2. The molecule has 0 bridgehead atoms. The minimum Gasteiger partial charge on any atom is -0.457 e. The van der Waals surface area contributed by atoms with Crippen LogP contribution in [0.3, 0.4) is 0 Å². The zero-order valence-electron chi connectivity index (χ0n) is 23.0. The molecule has 10 unspecified atom stereocenters. The number of carbonyl (C=O) groups excluding carboxylic acids is 2. The zero-order chi connectivity index (χ0) is 27.3. The molecule has 0 aromatic heterocycles.